The normalized spacial score (nSPS) is 16.4. The van der Waals surface area contributed by atoms with Gasteiger partial charge in [-0.25, -0.2) is 0 Å². The number of ether oxygens (including phenoxy) is 1. The Morgan fingerprint density at radius 2 is 1.10 bits per heavy atom. The molecule has 0 aromatic carbocycles. The predicted octanol–water partition coefficient (Wildman–Crippen LogP) is 8.06. The van der Waals surface area contributed by atoms with Crippen LogP contribution in [0.25, 0.3) is 0 Å². The van der Waals surface area contributed by atoms with E-state index in [1.54, 1.807) is 0 Å². The number of rotatable bonds is 21. The first-order valence-electron chi connectivity index (χ1n) is 13.3. The fourth-order valence-corrected chi connectivity index (χ4v) is 4.32. The van der Waals surface area contributed by atoms with Crippen LogP contribution >= 0.6 is 0 Å². The Morgan fingerprint density at radius 3 is 1.48 bits per heavy atom. The van der Waals surface area contributed by atoms with E-state index in [9.17, 15) is 4.79 Å². The first-order valence-corrected chi connectivity index (χ1v) is 13.3. The van der Waals surface area contributed by atoms with Gasteiger partial charge in [0.05, 0.1) is 0 Å². The molecule has 1 fully saturated rings. The van der Waals surface area contributed by atoms with Crippen LogP contribution in [0.2, 0.25) is 0 Å². The third-order valence-electron chi connectivity index (χ3n) is 6.27. The average molecular weight is 410 g/mol. The molecule has 172 valence electrons. The predicted molar refractivity (Wildman–Crippen MR) is 125 cm³/mol. The zero-order valence-corrected chi connectivity index (χ0v) is 19.7. The van der Waals surface area contributed by atoms with Crippen molar-refractivity contribution in [3.05, 3.63) is 0 Å². The van der Waals surface area contributed by atoms with E-state index in [1.165, 1.54) is 116 Å². The van der Waals surface area contributed by atoms with Gasteiger partial charge in [0.2, 0.25) is 0 Å². The van der Waals surface area contributed by atoms with Gasteiger partial charge in [-0.05, 0) is 25.8 Å². The Kier molecular flexibility index (Phi) is 18.9. The lowest BCUT2D eigenvalue weighted by molar-refractivity contribution is -0.149. The lowest BCUT2D eigenvalue weighted by Gasteiger charge is -2.11. The number of hydrogen-bond acceptors (Lipinski definition) is 3. The molecule has 1 aliphatic heterocycles. The molecule has 0 aliphatic carbocycles. The van der Waals surface area contributed by atoms with Crippen molar-refractivity contribution in [3.8, 4) is 0 Å². The number of carbonyl (C=O) groups excluding carboxylic acids is 1. The standard InChI is InChI=1S/C26H51NO2/c1-2-3-4-5-6-7-8-9-10-11-12-13-14-15-16-17-18-19-20-23-26(28)29-25-22-21-24-27-25/h25,27H,2-24H2,1H3. The summed E-state index contributed by atoms with van der Waals surface area (Å²) in [6.07, 6.45) is 28.9. The Hall–Kier alpha value is -0.570. The second-order valence-electron chi connectivity index (χ2n) is 9.19. The van der Waals surface area contributed by atoms with Crippen molar-refractivity contribution in [1.82, 2.24) is 5.32 Å². The molecule has 0 amide bonds. The van der Waals surface area contributed by atoms with E-state index in [-0.39, 0.29) is 12.2 Å². The number of hydrogen-bond donors (Lipinski definition) is 1. The molecule has 1 unspecified atom stereocenters. The molecule has 1 saturated heterocycles. The molecule has 0 aromatic rings. The molecule has 1 N–H and O–H groups in total. The lowest BCUT2D eigenvalue weighted by atomic mass is 10.0. The van der Waals surface area contributed by atoms with E-state index >= 15 is 0 Å². The maximum absolute atomic E-state index is 11.7. The SMILES string of the molecule is CCCCCCCCCCCCCCCCCCCCCC(=O)OC1CCCN1. The van der Waals surface area contributed by atoms with Crippen molar-refractivity contribution in [3.63, 3.8) is 0 Å². The molecule has 0 saturated carbocycles. The van der Waals surface area contributed by atoms with Gasteiger partial charge in [0, 0.05) is 6.42 Å². The van der Waals surface area contributed by atoms with Gasteiger partial charge in [-0.3, -0.25) is 10.1 Å². The molecule has 0 bridgehead atoms. The molecule has 1 rings (SSSR count). The average Bonchev–Trinajstić information content (AvgIpc) is 3.22. The summed E-state index contributed by atoms with van der Waals surface area (Å²) in [7, 11) is 0. The molecule has 29 heavy (non-hydrogen) atoms. The molecular formula is C26H51NO2. The summed E-state index contributed by atoms with van der Waals surface area (Å²) in [5.41, 5.74) is 0. The van der Waals surface area contributed by atoms with Gasteiger partial charge in [-0.1, -0.05) is 122 Å². The summed E-state index contributed by atoms with van der Waals surface area (Å²) in [6.45, 7) is 3.27. The van der Waals surface area contributed by atoms with E-state index in [0.717, 1.165) is 25.8 Å². The molecule has 0 radical (unpaired) electrons. The summed E-state index contributed by atoms with van der Waals surface area (Å²) in [5.74, 6) is -0.0172. The molecule has 0 aromatic heterocycles. The lowest BCUT2D eigenvalue weighted by Crippen LogP contribution is -2.27. The van der Waals surface area contributed by atoms with E-state index in [4.69, 9.17) is 4.74 Å². The smallest absolute Gasteiger partial charge is 0.307 e. The fourth-order valence-electron chi connectivity index (χ4n) is 4.32. The van der Waals surface area contributed by atoms with E-state index in [0.29, 0.717) is 6.42 Å². The largest absolute Gasteiger partial charge is 0.447 e. The van der Waals surface area contributed by atoms with Crippen molar-refractivity contribution in [1.29, 1.82) is 0 Å². The summed E-state index contributed by atoms with van der Waals surface area (Å²) >= 11 is 0. The van der Waals surface area contributed by atoms with Gasteiger partial charge in [-0.2, -0.15) is 0 Å². The van der Waals surface area contributed by atoms with Gasteiger partial charge in [-0.15, -0.1) is 0 Å². The molecule has 0 spiro atoms. The first kappa shape index (κ1) is 26.5. The van der Waals surface area contributed by atoms with Crippen LogP contribution in [-0.4, -0.2) is 18.7 Å². The topological polar surface area (TPSA) is 38.3 Å². The first-order chi connectivity index (χ1) is 14.3. The van der Waals surface area contributed by atoms with Crippen LogP contribution in [0, 0.1) is 0 Å². The Balaban J connectivity index is 1.67. The van der Waals surface area contributed by atoms with E-state index in [1.807, 2.05) is 0 Å². The maximum atomic E-state index is 11.7. The summed E-state index contributed by atoms with van der Waals surface area (Å²) < 4.78 is 5.40. The summed E-state index contributed by atoms with van der Waals surface area (Å²) in [6, 6.07) is 0. The minimum Gasteiger partial charge on any atom is -0.447 e. The molecule has 3 nitrogen and oxygen atoms in total. The van der Waals surface area contributed by atoms with Gasteiger partial charge in [0.25, 0.3) is 0 Å². The number of nitrogens with one attached hydrogen (secondary N) is 1. The molecule has 1 atom stereocenters. The highest BCUT2D eigenvalue weighted by atomic mass is 16.6. The van der Waals surface area contributed by atoms with E-state index < -0.39 is 0 Å². The van der Waals surface area contributed by atoms with Crippen LogP contribution in [0.5, 0.6) is 0 Å². The van der Waals surface area contributed by atoms with Crippen LogP contribution in [-0.2, 0) is 9.53 Å². The number of carbonyl (C=O) groups is 1. The van der Waals surface area contributed by atoms with Crippen LogP contribution in [0.15, 0.2) is 0 Å². The Morgan fingerprint density at radius 1 is 0.690 bits per heavy atom. The Bertz CT molecular complexity index is 353. The minimum atomic E-state index is -0.0172. The van der Waals surface area contributed by atoms with Crippen molar-refractivity contribution in [2.45, 2.75) is 154 Å². The summed E-state index contributed by atoms with van der Waals surface area (Å²) in [5, 5.41) is 3.21. The second kappa shape index (κ2) is 20.7. The van der Waals surface area contributed by atoms with Crippen molar-refractivity contribution >= 4 is 5.97 Å². The quantitative estimate of drug-likeness (QED) is 0.154. The highest BCUT2D eigenvalue weighted by Gasteiger charge is 2.17. The Labute approximate surface area is 182 Å². The molecule has 1 aliphatic rings. The summed E-state index contributed by atoms with van der Waals surface area (Å²) in [4.78, 5) is 11.7. The van der Waals surface area contributed by atoms with Crippen LogP contribution in [0.1, 0.15) is 148 Å². The van der Waals surface area contributed by atoms with Crippen LogP contribution < -0.4 is 5.32 Å². The third kappa shape index (κ3) is 18.0. The van der Waals surface area contributed by atoms with E-state index in [2.05, 4.69) is 12.2 Å². The molecule has 3 heteroatoms. The van der Waals surface area contributed by atoms with Crippen LogP contribution in [0.4, 0.5) is 0 Å². The van der Waals surface area contributed by atoms with Crippen LogP contribution in [0.3, 0.4) is 0 Å². The highest BCUT2D eigenvalue weighted by molar-refractivity contribution is 5.69. The minimum absolute atomic E-state index is 0.0113. The van der Waals surface area contributed by atoms with Crippen molar-refractivity contribution in [2.75, 3.05) is 6.54 Å². The maximum Gasteiger partial charge on any atom is 0.307 e. The highest BCUT2D eigenvalue weighted by Crippen LogP contribution is 2.15. The van der Waals surface area contributed by atoms with Gasteiger partial charge < -0.3 is 4.74 Å². The van der Waals surface area contributed by atoms with Gasteiger partial charge in [0.15, 0.2) is 6.23 Å². The zero-order chi connectivity index (χ0) is 20.8. The second-order valence-corrected chi connectivity index (χ2v) is 9.19. The number of esters is 1. The van der Waals surface area contributed by atoms with Crippen molar-refractivity contribution < 1.29 is 9.53 Å². The fraction of sp³-hybridized carbons (Fsp3) is 0.962. The van der Waals surface area contributed by atoms with Crippen molar-refractivity contribution in [2.24, 2.45) is 0 Å². The zero-order valence-electron chi connectivity index (χ0n) is 19.7. The molecule has 1 heterocycles. The van der Waals surface area contributed by atoms with Gasteiger partial charge >= 0.3 is 5.97 Å². The number of unbranched alkanes of at least 4 members (excludes halogenated alkanes) is 18. The third-order valence-corrected chi connectivity index (χ3v) is 6.27. The van der Waals surface area contributed by atoms with Gasteiger partial charge in [0.1, 0.15) is 0 Å². The molecular weight excluding hydrogens is 358 g/mol. The monoisotopic (exact) mass is 409 g/mol.